The van der Waals surface area contributed by atoms with Crippen molar-refractivity contribution in [2.75, 3.05) is 20.4 Å². The van der Waals surface area contributed by atoms with Gasteiger partial charge in [-0.25, -0.2) is 4.79 Å². The molecule has 0 spiro atoms. The van der Waals surface area contributed by atoms with Gasteiger partial charge in [0.2, 0.25) is 11.7 Å². The Labute approximate surface area is 306 Å². The van der Waals surface area contributed by atoms with Crippen molar-refractivity contribution in [1.82, 2.24) is 10.6 Å². The molecule has 3 aliphatic rings. The zero-order valence-corrected chi connectivity index (χ0v) is 31.0. The summed E-state index contributed by atoms with van der Waals surface area (Å²) in [6.45, 7) is 12.2. The maximum atomic E-state index is 13.4. The second-order valence-electron chi connectivity index (χ2n) is 14.5. The Hall–Kier alpha value is -3.38. The van der Waals surface area contributed by atoms with E-state index in [2.05, 4.69) is 22.2 Å². The van der Waals surface area contributed by atoms with Gasteiger partial charge in [-0.1, -0.05) is 51.2 Å². The van der Waals surface area contributed by atoms with Crippen molar-refractivity contribution in [2.45, 2.75) is 134 Å². The van der Waals surface area contributed by atoms with Crippen LogP contribution in [0.4, 0.5) is 0 Å². The average molecular weight is 738 g/mol. The first-order chi connectivity index (χ1) is 24.5. The number of carbonyl (C=O) groups is 3. The van der Waals surface area contributed by atoms with Crippen LogP contribution >= 0.6 is 0 Å². The molecule has 0 aromatic carbocycles. The van der Waals surface area contributed by atoms with Crippen LogP contribution in [0.2, 0.25) is 0 Å². The van der Waals surface area contributed by atoms with Gasteiger partial charge in [-0.2, -0.15) is 0 Å². The number of aliphatic hydroxyl groups excluding tert-OH is 2. The number of hydrogen-bond acceptors (Lipinski definition) is 11. The standard InChI is InChI=1S/C36H59N5O11/c1-21-18-36(48-6,52-23(3)22(21)2)30(44)31(45)41-32-29-26(49-20-50-32)19-35(4,5)27(51-29)17-24(42)13-10-8-7-9-11-15-28(43)40-25(33(46)47)14-12-16-39-34(37)38/h7,9,11,15,22-27,29-30,32,42,44H,1,8,10,12-14,16-20H2,2-6H3,(H,40,43)(H,41,45)(H,46,47)(H4,37,38,39)/b9-7+,15-11+/t22-,23-,24?,25+,26-,27-,29+,30-,32+,36-/m1/s1. The molecule has 3 rings (SSSR count). The highest BCUT2D eigenvalue weighted by molar-refractivity contribution is 5.91. The molecule has 0 saturated carbocycles. The van der Waals surface area contributed by atoms with Crippen LogP contribution in [0, 0.1) is 11.3 Å². The van der Waals surface area contributed by atoms with Crippen molar-refractivity contribution in [3.8, 4) is 0 Å². The summed E-state index contributed by atoms with van der Waals surface area (Å²) in [5.41, 5.74) is 11.0. The summed E-state index contributed by atoms with van der Waals surface area (Å²) in [5, 5.41) is 36.7. The molecule has 52 heavy (non-hydrogen) atoms. The van der Waals surface area contributed by atoms with E-state index in [4.69, 9.17) is 35.2 Å². The van der Waals surface area contributed by atoms with E-state index >= 15 is 0 Å². The lowest BCUT2D eigenvalue weighted by molar-refractivity contribution is -0.306. The molecule has 9 N–H and O–H groups in total. The molecule has 3 saturated heterocycles. The van der Waals surface area contributed by atoms with E-state index in [-0.39, 0.29) is 61.8 Å². The van der Waals surface area contributed by atoms with E-state index in [0.717, 1.165) is 5.57 Å². The molecule has 16 nitrogen and oxygen atoms in total. The molecular weight excluding hydrogens is 678 g/mol. The molecule has 0 aromatic heterocycles. The largest absolute Gasteiger partial charge is 0.480 e. The number of carboxylic acids is 1. The van der Waals surface area contributed by atoms with Gasteiger partial charge in [-0.3, -0.25) is 14.6 Å². The van der Waals surface area contributed by atoms with Crippen molar-refractivity contribution >= 4 is 23.7 Å². The number of carboxylic acid groups (broad SMARTS) is 1. The minimum atomic E-state index is -1.67. The lowest BCUT2D eigenvalue weighted by Crippen LogP contribution is -2.65. The Morgan fingerprint density at radius 3 is 2.52 bits per heavy atom. The number of rotatable bonds is 18. The molecule has 2 amide bonds. The molecule has 3 heterocycles. The Bertz CT molecular complexity index is 1320. The number of aliphatic imine (C=N–C) groups is 1. The molecule has 1 unspecified atom stereocenters. The number of carbonyl (C=O) groups excluding carboxylic acids is 2. The van der Waals surface area contributed by atoms with E-state index in [1.54, 1.807) is 6.08 Å². The number of unbranched alkanes of at least 4 members (excludes halogenated alkanes) is 1. The number of nitrogens with two attached hydrogens (primary N) is 2. The molecule has 0 aromatic rings. The molecular formula is C36H59N5O11. The number of allylic oxidation sites excluding steroid dienone is 3. The number of guanidine groups is 1. The fourth-order valence-electron chi connectivity index (χ4n) is 6.66. The van der Waals surface area contributed by atoms with Crippen molar-refractivity contribution in [3.05, 3.63) is 36.5 Å². The number of methoxy groups -OCH3 is 1. The number of ether oxygens (including phenoxy) is 5. The van der Waals surface area contributed by atoms with Gasteiger partial charge >= 0.3 is 5.97 Å². The van der Waals surface area contributed by atoms with E-state index in [0.29, 0.717) is 38.5 Å². The second kappa shape index (κ2) is 19.6. The zero-order chi connectivity index (χ0) is 38.6. The average Bonchev–Trinajstić information content (AvgIpc) is 3.07. The number of amides is 2. The zero-order valence-electron chi connectivity index (χ0n) is 31.0. The SMILES string of the molecule is C=C1C[C@](OC)([C@H](O)C(=O)N[C@H]2OCO[C@@H]3CC(C)(C)[C@@H](CC(O)CCC/C=C/C=C/C(=O)N[C@@H](CCCN=C(N)N)C(=O)O)O[C@@H]32)O[C@H](C)[C@@H]1C. The molecule has 294 valence electrons. The Kier molecular flexibility index (Phi) is 16.2. The summed E-state index contributed by atoms with van der Waals surface area (Å²) < 4.78 is 29.7. The van der Waals surface area contributed by atoms with E-state index in [1.807, 2.05) is 33.8 Å². The minimum Gasteiger partial charge on any atom is -0.480 e. The highest BCUT2D eigenvalue weighted by atomic mass is 16.7. The lowest BCUT2D eigenvalue weighted by Gasteiger charge is -2.50. The number of aliphatic hydroxyl groups is 2. The molecule has 0 radical (unpaired) electrons. The minimum absolute atomic E-state index is 0.0329. The molecule has 3 fully saturated rings. The number of fused-ring (bicyclic) bond motifs is 1. The number of nitrogens with one attached hydrogen (secondary N) is 2. The molecule has 10 atom stereocenters. The fourth-order valence-corrected chi connectivity index (χ4v) is 6.66. The molecule has 16 heteroatoms. The first kappa shape index (κ1) is 43.0. The number of aliphatic carboxylic acids is 1. The van der Waals surface area contributed by atoms with Gasteiger partial charge in [-0.15, -0.1) is 0 Å². The van der Waals surface area contributed by atoms with Crippen molar-refractivity contribution in [3.63, 3.8) is 0 Å². The number of nitrogens with zero attached hydrogens (tertiary/aromatic N) is 1. The van der Waals surface area contributed by atoms with Gasteiger partial charge < -0.3 is 61.1 Å². The summed E-state index contributed by atoms with van der Waals surface area (Å²) in [4.78, 5) is 40.8. The monoisotopic (exact) mass is 737 g/mol. The summed E-state index contributed by atoms with van der Waals surface area (Å²) in [6.07, 6.45) is 4.77. The first-order valence-electron chi connectivity index (χ1n) is 17.9. The Morgan fingerprint density at radius 1 is 1.13 bits per heavy atom. The predicted molar refractivity (Wildman–Crippen MR) is 191 cm³/mol. The van der Waals surface area contributed by atoms with Gasteiger partial charge in [0.15, 0.2) is 18.3 Å². The third kappa shape index (κ3) is 12.1. The van der Waals surface area contributed by atoms with E-state index < -0.39 is 54.2 Å². The quantitative estimate of drug-likeness (QED) is 0.0263. The van der Waals surface area contributed by atoms with Crippen LogP contribution in [0.15, 0.2) is 41.4 Å². The Balaban J connectivity index is 1.48. The maximum Gasteiger partial charge on any atom is 0.326 e. The van der Waals surface area contributed by atoms with Gasteiger partial charge in [0, 0.05) is 38.5 Å². The highest BCUT2D eigenvalue weighted by Crippen LogP contribution is 2.42. The van der Waals surface area contributed by atoms with Crippen LogP contribution in [0.5, 0.6) is 0 Å². The smallest absolute Gasteiger partial charge is 0.326 e. The summed E-state index contributed by atoms with van der Waals surface area (Å²) in [5.74, 6) is -4.06. The Morgan fingerprint density at radius 2 is 1.87 bits per heavy atom. The van der Waals surface area contributed by atoms with Crippen LogP contribution in [0.3, 0.4) is 0 Å². The van der Waals surface area contributed by atoms with Crippen molar-refractivity contribution in [2.24, 2.45) is 27.8 Å². The third-order valence-corrected chi connectivity index (χ3v) is 10.1. The molecule has 0 bridgehead atoms. The van der Waals surface area contributed by atoms with Gasteiger partial charge in [0.1, 0.15) is 18.9 Å². The van der Waals surface area contributed by atoms with Crippen LogP contribution in [0.1, 0.15) is 79.1 Å². The van der Waals surface area contributed by atoms with Crippen LogP contribution in [0.25, 0.3) is 0 Å². The van der Waals surface area contributed by atoms with Gasteiger partial charge in [0.25, 0.3) is 5.91 Å². The molecule has 0 aliphatic carbocycles. The summed E-state index contributed by atoms with van der Waals surface area (Å²) in [6, 6.07) is -1.06. The summed E-state index contributed by atoms with van der Waals surface area (Å²) in [7, 11) is 1.38. The van der Waals surface area contributed by atoms with Crippen LogP contribution in [-0.2, 0) is 38.1 Å². The lowest BCUT2D eigenvalue weighted by atomic mass is 9.75. The fraction of sp³-hybridized carbons (Fsp3) is 0.722. The van der Waals surface area contributed by atoms with Gasteiger partial charge in [-0.05, 0) is 50.9 Å². The normalized spacial score (nSPS) is 30.6. The van der Waals surface area contributed by atoms with Crippen LogP contribution in [-0.4, -0.2) is 114 Å². The second-order valence-corrected chi connectivity index (χ2v) is 14.5. The predicted octanol–water partition coefficient (Wildman–Crippen LogP) is 1.35. The highest BCUT2D eigenvalue weighted by Gasteiger charge is 2.53. The topological polar surface area (TPSA) is 247 Å². The number of hydrogen-bond donors (Lipinski definition) is 7. The summed E-state index contributed by atoms with van der Waals surface area (Å²) >= 11 is 0. The van der Waals surface area contributed by atoms with Crippen molar-refractivity contribution < 1.29 is 53.4 Å². The maximum absolute atomic E-state index is 13.4. The van der Waals surface area contributed by atoms with E-state index in [9.17, 15) is 29.7 Å². The molecule has 3 aliphatic heterocycles. The van der Waals surface area contributed by atoms with Crippen molar-refractivity contribution in [1.29, 1.82) is 0 Å². The third-order valence-electron chi connectivity index (χ3n) is 10.1. The van der Waals surface area contributed by atoms with E-state index in [1.165, 1.54) is 19.3 Å². The first-order valence-corrected chi connectivity index (χ1v) is 17.9. The van der Waals surface area contributed by atoms with Crippen LogP contribution < -0.4 is 22.1 Å². The van der Waals surface area contributed by atoms with Gasteiger partial charge in [0.05, 0.1) is 24.4 Å².